The molecule has 0 saturated heterocycles. The van der Waals surface area contributed by atoms with E-state index < -0.39 is 22.8 Å². The van der Waals surface area contributed by atoms with Gasteiger partial charge in [0.1, 0.15) is 10.8 Å². The number of halogens is 4. The second-order valence-electron chi connectivity index (χ2n) is 2.43. The zero-order chi connectivity index (χ0) is 10.0. The summed E-state index contributed by atoms with van der Waals surface area (Å²) in [6.07, 6.45) is -1.17. The van der Waals surface area contributed by atoms with Crippen LogP contribution in [0.15, 0.2) is 12.1 Å². The summed E-state index contributed by atoms with van der Waals surface area (Å²) in [7, 11) is 0. The van der Waals surface area contributed by atoms with E-state index in [9.17, 15) is 13.9 Å². The van der Waals surface area contributed by atoms with Crippen molar-refractivity contribution in [3.05, 3.63) is 34.4 Å². The van der Waals surface area contributed by atoms with Crippen molar-refractivity contribution in [2.75, 3.05) is 5.88 Å². The predicted molar refractivity (Wildman–Crippen MR) is 47.0 cm³/mol. The fourth-order valence-corrected chi connectivity index (χ4v) is 1.22. The van der Waals surface area contributed by atoms with Crippen LogP contribution in [0.3, 0.4) is 0 Å². The Hall–Kier alpha value is -0.380. The minimum absolute atomic E-state index is 0.0959. The van der Waals surface area contributed by atoms with Gasteiger partial charge in [-0.15, -0.1) is 11.6 Å². The summed E-state index contributed by atoms with van der Waals surface area (Å²) in [6.45, 7) is 0. The van der Waals surface area contributed by atoms with Crippen molar-refractivity contribution in [3.8, 4) is 0 Å². The van der Waals surface area contributed by atoms with Gasteiger partial charge >= 0.3 is 0 Å². The van der Waals surface area contributed by atoms with E-state index in [2.05, 4.69) is 0 Å². The molecule has 1 nitrogen and oxygen atoms in total. The van der Waals surface area contributed by atoms with Crippen LogP contribution in [0.2, 0.25) is 5.02 Å². The molecule has 13 heavy (non-hydrogen) atoms. The molecule has 5 heteroatoms. The van der Waals surface area contributed by atoms with Crippen molar-refractivity contribution in [2.24, 2.45) is 0 Å². The minimum Gasteiger partial charge on any atom is -0.387 e. The van der Waals surface area contributed by atoms with E-state index in [1.807, 2.05) is 0 Å². The van der Waals surface area contributed by atoms with E-state index in [0.29, 0.717) is 0 Å². The van der Waals surface area contributed by atoms with Crippen LogP contribution < -0.4 is 0 Å². The lowest BCUT2D eigenvalue weighted by molar-refractivity contribution is 0.197. The molecule has 0 heterocycles. The Balaban J connectivity index is 3.18. The van der Waals surface area contributed by atoms with Gasteiger partial charge in [0, 0.05) is 5.56 Å². The monoisotopic (exact) mass is 226 g/mol. The zero-order valence-corrected chi connectivity index (χ0v) is 7.91. The molecule has 0 aliphatic carbocycles. The fourth-order valence-electron chi connectivity index (χ4n) is 0.881. The molecular weight excluding hydrogens is 221 g/mol. The minimum atomic E-state index is -1.17. The number of aliphatic hydroxyl groups excluding tert-OH is 1. The molecule has 0 saturated carbocycles. The Morgan fingerprint density at radius 3 is 2.54 bits per heavy atom. The SMILES string of the molecule is OC(CCl)c1ccc(F)c(Cl)c1F. The molecule has 0 aromatic heterocycles. The summed E-state index contributed by atoms with van der Waals surface area (Å²) in [5, 5.41) is 8.55. The maximum atomic E-state index is 13.1. The summed E-state index contributed by atoms with van der Waals surface area (Å²) in [5.74, 6) is -1.99. The molecule has 1 N–H and O–H groups in total. The average molecular weight is 227 g/mol. The van der Waals surface area contributed by atoms with Gasteiger partial charge in [-0.05, 0) is 6.07 Å². The molecule has 0 bridgehead atoms. The smallest absolute Gasteiger partial charge is 0.150 e. The van der Waals surface area contributed by atoms with Crippen molar-refractivity contribution < 1.29 is 13.9 Å². The molecular formula is C8H6Cl2F2O. The van der Waals surface area contributed by atoms with Crippen molar-refractivity contribution in [1.82, 2.24) is 0 Å². The van der Waals surface area contributed by atoms with Crippen molar-refractivity contribution in [3.63, 3.8) is 0 Å². The summed E-state index contributed by atoms with van der Waals surface area (Å²) in [5.41, 5.74) is -0.0959. The van der Waals surface area contributed by atoms with Crippen LogP contribution in [-0.2, 0) is 0 Å². The van der Waals surface area contributed by atoms with E-state index >= 15 is 0 Å². The molecule has 0 amide bonds. The molecule has 72 valence electrons. The van der Waals surface area contributed by atoms with Crippen LogP contribution in [-0.4, -0.2) is 11.0 Å². The van der Waals surface area contributed by atoms with E-state index in [1.165, 1.54) is 0 Å². The van der Waals surface area contributed by atoms with Crippen LogP contribution in [0.4, 0.5) is 8.78 Å². The Bertz CT molecular complexity index is 317. The molecule has 1 rings (SSSR count). The van der Waals surface area contributed by atoms with E-state index in [1.54, 1.807) is 0 Å². The predicted octanol–water partition coefficient (Wildman–Crippen LogP) is 2.89. The van der Waals surface area contributed by atoms with Crippen molar-refractivity contribution in [1.29, 1.82) is 0 Å². The highest BCUT2D eigenvalue weighted by molar-refractivity contribution is 6.31. The summed E-state index contributed by atoms with van der Waals surface area (Å²) < 4.78 is 25.7. The average Bonchev–Trinajstić information content (AvgIpc) is 2.13. The molecule has 0 radical (unpaired) electrons. The van der Waals surface area contributed by atoms with Gasteiger partial charge in [-0.2, -0.15) is 0 Å². The fraction of sp³-hybridized carbons (Fsp3) is 0.250. The van der Waals surface area contributed by atoms with E-state index in [0.717, 1.165) is 12.1 Å². The second kappa shape index (κ2) is 4.22. The Morgan fingerprint density at radius 2 is 2.00 bits per heavy atom. The lowest BCUT2D eigenvalue weighted by Gasteiger charge is -2.09. The maximum Gasteiger partial charge on any atom is 0.150 e. The van der Waals surface area contributed by atoms with E-state index in [-0.39, 0.29) is 11.4 Å². The highest BCUT2D eigenvalue weighted by Crippen LogP contribution is 2.26. The van der Waals surface area contributed by atoms with Crippen LogP contribution in [0, 0.1) is 11.6 Å². The third-order valence-electron chi connectivity index (χ3n) is 1.57. The molecule has 1 aromatic carbocycles. The van der Waals surface area contributed by atoms with Crippen LogP contribution >= 0.6 is 23.2 Å². The quantitative estimate of drug-likeness (QED) is 0.608. The lowest BCUT2D eigenvalue weighted by atomic mass is 10.1. The van der Waals surface area contributed by atoms with Gasteiger partial charge in [0.05, 0.1) is 12.0 Å². The molecule has 0 aliphatic rings. The van der Waals surface area contributed by atoms with Gasteiger partial charge in [-0.1, -0.05) is 17.7 Å². The van der Waals surface area contributed by atoms with Gasteiger partial charge < -0.3 is 5.11 Å². The summed E-state index contributed by atoms with van der Waals surface area (Å²) >= 11 is 10.6. The first kappa shape index (κ1) is 10.7. The number of hydrogen-bond acceptors (Lipinski definition) is 1. The Labute approximate surface area is 83.9 Å². The topological polar surface area (TPSA) is 20.2 Å². The third kappa shape index (κ3) is 2.10. The number of alkyl halides is 1. The molecule has 1 aromatic rings. The largest absolute Gasteiger partial charge is 0.387 e. The first-order valence-electron chi connectivity index (χ1n) is 3.45. The molecule has 1 atom stereocenters. The Morgan fingerprint density at radius 1 is 1.38 bits per heavy atom. The van der Waals surface area contributed by atoms with Gasteiger partial charge in [-0.3, -0.25) is 0 Å². The van der Waals surface area contributed by atoms with Crippen LogP contribution in [0.5, 0.6) is 0 Å². The highest BCUT2D eigenvalue weighted by atomic mass is 35.5. The second-order valence-corrected chi connectivity index (χ2v) is 3.12. The molecule has 1 unspecified atom stereocenters. The first-order chi connectivity index (χ1) is 6.07. The van der Waals surface area contributed by atoms with Gasteiger partial charge in [0.2, 0.25) is 0 Å². The number of benzene rings is 1. The number of hydrogen-bond donors (Lipinski definition) is 1. The highest BCUT2D eigenvalue weighted by Gasteiger charge is 2.16. The molecule has 0 fully saturated rings. The maximum absolute atomic E-state index is 13.1. The summed E-state index contributed by atoms with van der Waals surface area (Å²) in [6, 6.07) is 2.10. The zero-order valence-electron chi connectivity index (χ0n) is 6.40. The van der Waals surface area contributed by atoms with Crippen LogP contribution in [0.25, 0.3) is 0 Å². The van der Waals surface area contributed by atoms with Crippen molar-refractivity contribution in [2.45, 2.75) is 6.10 Å². The van der Waals surface area contributed by atoms with Gasteiger partial charge in [-0.25, -0.2) is 8.78 Å². The standard InChI is InChI=1S/C8H6Cl2F2O/c9-3-6(13)4-1-2-5(11)7(10)8(4)12/h1-2,6,13H,3H2. The van der Waals surface area contributed by atoms with E-state index in [4.69, 9.17) is 23.2 Å². The first-order valence-corrected chi connectivity index (χ1v) is 4.36. The summed E-state index contributed by atoms with van der Waals surface area (Å²) in [4.78, 5) is 0. The van der Waals surface area contributed by atoms with Gasteiger partial charge in [0.25, 0.3) is 0 Å². The Kier molecular flexibility index (Phi) is 3.47. The molecule has 0 spiro atoms. The lowest BCUT2D eigenvalue weighted by Crippen LogP contribution is -2.03. The third-order valence-corrected chi connectivity index (χ3v) is 2.21. The number of aliphatic hydroxyl groups is 1. The number of rotatable bonds is 2. The van der Waals surface area contributed by atoms with Crippen molar-refractivity contribution >= 4 is 23.2 Å². The van der Waals surface area contributed by atoms with Crippen LogP contribution in [0.1, 0.15) is 11.7 Å². The van der Waals surface area contributed by atoms with Gasteiger partial charge in [0.15, 0.2) is 5.82 Å². The molecule has 0 aliphatic heterocycles. The normalized spacial score (nSPS) is 13.0.